The number of hydrogen-bond donors (Lipinski definition) is 0. The van der Waals surface area contributed by atoms with Crippen molar-refractivity contribution in [3.05, 3.63) is 77.4 Å². The highest BCUT2D eigenvalue weighted by Gasteiger charge is 2.19. The average molecular weight is 573 g/mol. The van der Waals surface area contributed by atoms with Crippen LogP contribution in [0.2, 0.25) is 0 Å². The van der Waals surface area contributed by atoms with Gasteiger partial charge in [-0.1, -0.05) is 146 Å². The topological polar surface area (TPSA) is 35.5 Å². The van der Waals surface area contributed by atoms with E-state index in [9.17, 15) is 4.79 Å². The van der Waals surface area contributed by atoms with Gasteiger partial charge >= 0.3 is 0 Å². The lowest BCUT2D eigenvalue weighted by Crippen LogP contribution is -2.23. The summed E-state index contributed by atoms with van der Waals surface area (Å²) in [4.78, 5) is 12.9. The molecule has 3 nitrogen and oxygen atoms in total. The molecule has 1 atom stereocenters. The molecule has 42 heavy (non-hydrogen) atoms. The smallest absolute Gasteiger partial charge is 0.191 e. The molecule has 0 fully saturated rings. The number of rotatable bonds is 23. The van der Waals surface area contributed by atoms with Crippen LogP contribution in [-0.2, 0) is 17.6 Å². The molecule has 3 rings (SSSR count). The van der Waals surface area contributed by atoms with E-state index in [1.54, 1.807) is 7.11 Å². The Balaban J connectivity index is 1.38. The third-order valence-corrected chi connectivity index (χ3v) is 8.48. The molecule has 0 aliphatic rings. The molecule has 230 valence electrons. The zero-order valence-corrected chi connectivity index (χ0v) is 26.8. The van der Waals surface area contributed by atoms with E-state index in [1.807, 2.05) is 12.1 Å². The first kappa shape index (κ1) is 33.8. The SMILES string of the molecule is CCCCCCCCCCCCOc1ccc2cc(CCc3ccc(C(=O)[C@@H](CCCCCC)OC)cc3)ccc2c1. The molecule has 0 amide bonds. The number of carbonyl (C=O) groups excluding carboxylic acids is 1. The Morgan fingerprint density at radius 2 is 1.17 bits per heavy atom. The van der Waals surface area contributed by atoms with Gasteiger partial charge in [-0.2, -0.15) is 0 Å². The van der Waals surface area contributed by atoms with Crippen LogP contribution in [-0.4, -0.2) is 25.6 Å². The number of fused-ring (bicyclic) bond motifs is 1. The molecule has 3 aromatic carbocycles. The maximum absolute atomic E-state index is 12.9. The average Bonchev–Trinajstić information content (AvgIpc) is 3.02. The molecule has 0 radical (unpaired) electrons. The number of benzene rings is 3. The van der Waals surface area contributed by atoms with Gasteiger partial charge in [0.1, 0.15) is 11.9 Å². The summed E-state index contributed by atoms with van der Waals surface area (Å²) in [5.74, 6) is 1.07. The van der Waals surface area contributed by atoms with E-state index in [4.69, 9.17) is 9.47 Å². The van der Waals surface area contributed by atoms with Gasteiger partial charge in [-0.3, -0.25) is 4.79 Å². The molecule has 0 spiro atoms. The molecule has 0 aliphatic heterocycles. The van der Waals surface area contributed by atoms with Gasteiger partial charge in [-0.15, -0.1) is 0 Å². The van der Waals surface area contributed by atoms with Crippen LogP contribution in [0.25, 0.3) is 10.8 Å². The number of carbonyl (C=O) groups is 1. The maximum Gasteiger partial charge on any atom is 0.191 e. The fraction of sp³-hybridized carbons (Fsp3) is 0.564. The van der Waals surface area contributed by atoms with E-state index < -0.39 is 0 Å². The molecule has 0 bridgehead atoms. The van der Waals surface area contributed by atoms with Crippen molar-refractivity contribution in [2.24, 2.45) is 0 Å². The number of methoxy groups -OCH3 is 1. The minimum absolute atomic E-state index is 0.0990. The van der Waals surface area contributed by atoms with Crippen molar-refractivity contribution in [3.63, 3.8) is 0 Å². The van der Waals surface area contributed by atoms with Crippen LogP contribution < -0.4 is 4.74 Å². The second-order valence-corrected chi connectivity index (χ2v) is 12.0. The highest BCUT2D eigenvalue weighted by atomic mass is 16.5. The van der Waals surface area contributed by atoms with Crippen molar-refractivity contribution in [2.75, 3.05) is 13.7 Å². The summed E-state index contributed by atoms with van der Waals surface area (Å²) < 4.78 is 11.6. The van der Waals surface area contributed by atoms with E-state index in [2.05, 4.69) is 62.4 Å². The van der Waals surface area contributed by atoms with Crippen LogP contribution in [0.4, 0.5) is 0 Å². The van der Waals surface area contributed by atoms with Gasteiger partial charge in [0.15, 0.2) is 5.78 Å². The minimum Gasteiger partial charge on any atom is -0.494 e. The Morgan fingerprint density at radius 3 is 1.83 bits per heavy atom. The predicted octanol–water partition coefficient (Wildman–Crippen LogP) is 11.1. The Morgan fingerprint density at radius 1 is 0.619 bits per heavy atom. The quantitative estimate of drug-likeness (QED) is 0.0837. The van der Waals surface area contributed by atoms with Gasteiger partial charge < -0.3 is 9.47 Å². The first-order chi connectivity index (χ1) is 20.6. The fourth-order valence-corrected chi connectivity index (χ4v) is 5.72. The Hall–Kier alpha value is -2.65. The van der Waals surface area contributed by atoms with Gasteiger partial charge in [0.05, 0.1) is 6.61 Å². The van der Waals surface area contributed by atoms with Gasteiger partial charge in [0, 0.05) is 12.7 Å². The highest BCUT2D eigenvalue weighted by Crippen LogP contribution is 2.24. The Labute approximate surface area is 256 Å². The summed E-state index contributed by atoms with van der Waals surface area (Å²) in [6.45, 7) is 5.28. The van der Waals surface area contributed by atoms with Gasteiger partial charge in [0.2, 0.25) is 0 Å². The van der Waals surface area contributed by atoms with Crippen LogP contribution in [0.15, 0.2) is 60.7 Å². The van der Waals surface area contributed by atoms with Crippen LogP contribution in [0, 0.1) is 0 Å². The van der Waals surface area contributed by atoms with E-state index in [0.717, 1.165) is 56.4 Å². The largest absolute Gasteiger partial charge is 0.494 e. The summed E-state index contributed by atoms with van der Waals surface area (Å²) in [7, 11) is 1.65. The van der Waals surface area contributed by atoms with Crippen molar-refractivity contribution >= 4 is 16.6 Å². The molecular weight excluding hydrogens is 516 g/mol. The molecule has 0 N–H and O–H groups in total. The standard InChI is InChI=1S/C39H56O3/c1-4-6-8-10-11-12-13-14-15-17-29-42-37-28-27-35-30-33(23-26-36(35)31-37)20-19-32-21-24-34(25-22-32)39(40)38(41-3)18-16-9-7-5-2/h21-28,30-31,38H,4-20,29H2,1-3H3/t38-/m1/s1. The lowest BCUT2D eigenvalue weighted by atomic mass is 9.97. The Bertz CT molecular complexity index is 1150. The molecule has 0 saturated heterocycles. The minimum atomic E-state index is -0.337. The zero-order valence-electron chi connectivity index (χ0n) is 26.8. The van der Waals surface area contributed by atoms with Gasteiger partial charge in [0.25, 0.3) is 0 Å². The number of aryl methyl sites for hydroxylation is 2. The van der Waals surface area contributed by atoms with Crippen molar-refractivity contribution < 1.29 is 14.3 Å². The number of ketones is 1. The first-order valence-corrected chi connectivity index (χ1v) is 17.0. The van der Waals surface area contributed by atoms with E-state index >= 15 is 0 Å². The number of ether oxygens (including phenoxy) is 2. The summed E-state index contributed by atoms with van der Waals surface area (Å²) in [5, 5.41) is 2.48. The molecule has 0 aliphatic carbocycles. The van der Waals surface area contributed by atoms with Crippen molar-refractivity contribution in [1.29, 1.82) is 0 Å². The second kappa shape index (κ2) is 20.3. The maximum atomic E-state index is 12.9. The lowest BCUT2D eigenvalue weighted by molar-refractivity contribution is 0.0573. The van der Waals surface area contributed by atoms with Crippen LogP contribution in [0.5, 0.6) is 5.75 Å². The van der Waals surface area contributed by atoms with E-state index in [0.29, 0.717) is 0 Å². The summed E-state index contributed by atoms with van der Waals surface area (Å²) in [6.07, 6.45) is 20.4. The summed E-state index contributed by atoms with van der Waals surface area (Å²) in [5.41, 5.74) is 3.32. The number of Topliss-reactive ketones (excluding diaryl/α,β-unsaturated/α-hetero) is 1. The van der Waals surface area contributed by atoms with E-state index in [-0.39, 0.29) is 11.9 Å². The van der Waals surface area contributed by atoms with Crippen molar-refractivity contribution in [1.82, 2.24) is 0 Å². The number of hydrogen-bond acceptors (Lipinski definition) is 3. The lowest BCUT2D eigenvalue weighted by Gasteiger charge is -2.14. The first-order valence-electron chi connectivity index (χ1n) is 17.0. The second-order valence-electron chi connectivity index (χ2n) is 12.0. The van der Waals surface area contributed by atoms with Gasteiger partial charge in [-0.05, 0) is 59.7 Å². The van der Waals surface area contributed by atoms with Crippen molar-refractivity contribution in [2.45, 2.75) is 129 Å². The third-order valence-electron chi connectivity index (χ3n) is 8.48. The molecule has 3 aromatic rings. The third kappa shape index (κ3) is 12.3. The highest BCUT2D eigenvalue weighted by molar-refractivity contribution is 5.99. The molecule has 0 aromatic heterocycles. The monoisotopic (exact) mass is 572 g/mol. The molecule has 0 heterocycles. The number of unbranched alkanes of at least 4 members (excludes halogenated alkanes) is 12. The van der Waals surface area contributed by atoms with Crippen LogP contribution in [0.3, 0.4) is 0 Å². The molecule has 0 saturated carbocycles. The van der Waals surface area contributed by atoms with E-state index in [1.165, 1.54) is 92.5 Å². The summed E-state index contributed by atoms with van der Waals surface area (Å²) in [6, 6.07) is 21.3. The Kier molecular flexibility index (Phi) is 16.4. The van der Waals surface area contributed by atoms with Gasteiger partial charge in [-0.25, -0.2) is 0 Å². The van der Waals surface area contributed by atoms with Crippen LogP contribution >= 0.6 is 0 Å². The van der Waals surface area contributed by atoms with Crippen LogP contribution in [0.1, 0.15) is 132 Å². The normalized spacial score (nSPS) is 12.1. The molecular formula is C39H56O3. The summed E-state index contributed by atoms with van der Waals surface area (Å²) >= 11 is 0. The fourth-order valence-electron chi connectivity index (χ4n) is 5.72. The van der Waals surface area contributed by atoms with Crippen molar-refractivity contribution in [3.8, 4) is 5.75 Å². The predicted molar refractivity (Wildman–Crippen MR) is 179 cm³/mol. The zero-order chi connectivity index (χ0) is 29.8. The molecule has 3 heteroatoms. The molecule has 0 unspecified atom stereocenters.